The molecule has 2 N–H and O–H groups in total. The number of aliphatic carboxylic acids is 1. The van der Waals surface area contributed by atoms with Crippen molar-refractivity contribution in [3.05, 3.63) is 33.9 Å². The Labute approximate surface area is 106 Å². The van der Waals surface area contributed by atoms with Crippen molar-refractivity contribution in [1.29, 1.82) is 0 Å². The zero-order valence-corrected chi connectivity index (χ0v) is 9.39. The van der Waals surface area contributed by atoms with E-state index in [1.807, 2.05) is 11.2 Å². The van der Waals surface area contributed by atoms with Crippen molar-refractivity contribution in [2.45, 2.75) is 12.5 Å². The number of benzene rings is 1. The number of nitrogens with one attached hydrogen (secondary N) is 1. The number of carboxylic acids is 1. The second-order valence-corrected chi connectivity index (χ2v) is 3.46. The predicted octanol–water partition coefficient (Wildman–Crippen LogP) is 1.76. The third-order valence-electron chi connectivity index (χ3n) is 2.21. The summed E-state index contributed by atoms with van der Waals surface area (Å²) in [4.78, 5) is 20.6. The van der Waals surface area contributed by atoms with E-state index in [1.165, 1.54) is 0 Å². The lowest BCUT2D eigenvalue weighted by atomic mass is 10.1. The van der Waals surface area contributed by atoms with Gasteiger partial charge in [0.1, 0.15) is 6.04 Å². The molecule has 1 aromatic rings. The molecule has 0 aliphatic heterocycles. The molecule has 0 bridgehead atoms. The molecule has 0 amide bonds. The molecular formula is C11H8F2N2O4. The normalized spacial score (nSPS) is 11.4. The molecule has 0 heterocycles. The first-order valence-electron chi connectivity index (χ1n) is 4.93. The maximum absolute atomic E-state index is 13.5. The number of terminal acetylenes is 1. The molecule has 0 aliphatic rings. The lowest BCUT2D eigenvalue weighted by Gasteiger charge is -2.14. The molecular weight excluding hydrogens is 262 g/mol. The van der Waals surface area contributed by atoms with Gasteiger partial charge in [0, 0.05) is 12.5 Å². The Morgan fingerprint density at radius 2 is 2.21 bits per heavy atom. The summed E-state index contributed by atoms with van der Waals surface area (Å²) in [5.41, 5.74) is -1.62. The number of nitro groups is 1. The second kappa shape index (κ2) is 5.77. The molecule has 100 valence electrons. The van der Waals surface area contributed by atoms with E-state index in [0.717, 1.165) is 6.07 Å². The van der Waals surface area contributed by atoms with Crippen LogP contribution in [0.15, 0.2) is 12.1 Å². The van der Waals surface area contributed by atoms with Crippen LogP contribution in [0.1, 0.15) is 6.42 Å². The number of nitro benzene ring substituents is 1. The highest BCUT2D eigenvalue weighted by Crippen LogP contribution is 2.29. The van der Waals surface area contributed by atoms with E-state index in [-0.39, 0.29) is 6.42 Å². The summed E-state index contributed by atoms with van der Waals surface area (Å²) >= 11 is 0. The summed E-state index contributed by atoms with van der Waals surface area (Å²) in [7, 11) is 0. The zero-order chi connectivity index (χ0) is 14.6. The molecule has 0 aliphatic carbocycles. The molecule has 0 fully saturated rings. The fourth-order valence-electron chi connectivity index (χ4n) is 1.32. The average Bonchev–Trinajstić information content (AvgIpc) is 2.33. The lowest BCUT2D eigenvalue weighted by molar-refractivity contribution is -0.384. The quantitative estimate of drug-likeness (QED) is 0.483. The summed E-state index contributed by atoms with van der Waals surface area (Å²) in [6, 6.07) is -0.148. The molecule has 0 saturated carbocycles. The number of carboxylic acid groups (broad SMARTS) is 1. The average molecular weight is 270 g/mol. The van der Waals surface area contributed by atoms with Crippen molar-refractivity contribution in [1.82, 2.24) is 0 Å². The number of hydrogen-bond acceptors (Lipinski definition) is 4. The number of nitrogens with zero attached hydrogens (tertiary/aromatic N) is 1. The highest BCUT2D eigenvalue weighted by molar-refractivity contribution is 5.79. The monoisotopic (exact) mass is 270 g/mol. The molecule has 1 unspecified atom stereocenters. The minimum atomic E-state index is -1.53. The molecule has 6 nitrogen and oxygen atoms in total. The van der Waals surface area contributed by atoms with Crippen LogP contribution in [-0.4, -0.2) is 22.0 Å². The molecule has 19 heavy (non-hydrogen) atoms. The smallest absolute Gasteiger partial charge is 0.327 e. The van der Waals surface area contributed by atoms with Crippen LogP contribution in [-0.2, 0) is 4.79 Å². The Morgan fingerprint density at radius 3 is 2.68 bits per heavy atom. The van der Waals surface area contributed by atoms with Gasteiger partial charge in [0.05, 0.1) is 4.92 Å². The zero-order valence-electron chi connectivity index (χ0n) is 9.39. The highest BCUT2D eigenvalue weighted by Gasteiger charge is 2.26. The van der Waals surface area contributed by atoms with Gasteiger partial charge in [-0.1, -0.05) is 0 Å². The van der Waals surface area contributed by atoms with Crippen molar-refractivity contribution in [3.8, 4) is 12.3 Å². The summed E-state index contributed by atoms with van der Waals surface area (Å²) in [5, 5.41) is 21.5. The van der Waals surface area contributed by atoms with Gasteiger partial charge in [0.25, 0.3) is 5.69 Å². The second-order valence-electron chi connectivity index (χ2n) is 3.46. The van der Waals surface area contributed by atoms with Crippen molar-refractivity contribution in [2.75, 3.05) is 5.32 Å². The number of hydrogen-bond donors (Lipinski definition) is 2. The van der Waals surface area contributed by atoms with E-state index >= 15 is 0 Å². The van der Waals surface area contributed by atoms with Gasteiger partial charge in [-0.15, -0.1) is 12.3 Å². The number of halogens is 2. The van der Waals surface area contributed by atoms with Crippen LogP contribution in [0.5, 0.6) is 0 Å². The minimum Gasteiger partial charge on any atom is -0.480 e. The standard InChI is InChI=1S/C11H8F2N2O4/c1-2-3-7(11(16)17)14-10-8(15(18)19)5-4-6(12)9(10)13/h1,4-5,7,14H,3H2,(H,16,17). The third-order valence-corrected chi connectivity index (χ3v) is 2.21. The first-order chi connectivity index (χ1) is 8.88. The molecule has 0 radical (unpaired) electrons. The maximum atomic E-state index is 13.5. The number of rotatable bonds is 5. The van der Waals surface area contributed by atoms with E-state index < -0.39 is 39.9 Å². The lowest BCUT2D eigenvalue weighted by Crippen LogP contribution is -2.29. The SMILES string of the molecule is C#CCC(Nc1c([N+](=O)[O-])ccc(F)c1F)C(=O)O. The van der Waals surface area contributed by atoms with E-state index in [4.69, 9.17) is 11.5 Å². The predicted molar refractivity (Wildman–Crippen MR) is 61.5 cm³/mol. The van der Waals surface area contributed by atoms with Crippen LogP contribution in [0, 0.1) is 34.1 Å². The summed E-state index contributed by atoms with van der Waals surface area (Å²) in [5.74, 6) is -2.28. The summed E-state index contributed by atoms with van der Waals surface area (Å²) in [6.07, 6.45) is 4.59. The van der Waals surface area contributed by atoms with Crippen molar-refractivity contribution in [2.24, 2.45) is 0 Å². The minimum absolute atomic E-state index is 0.345. The largest absolute Gasteiger partial charge is 0.480 e. The highest BCUT2D eigenvalue weighted by atomic mass is 19.2. The summed E-state index contributed by atoms with van der Waals surface area (Å²) in [6.45, 7) is 0. The fraction of sp³-hybridized carbons (Fsp3) is 0.182. The first kappa shape index (κ1) is 14.4. The third kappa shape index (κ3) is 3.16. The van der Waals surface area contributed by atoms with E-state index in [1.54, 1.807) is 0 Å². The van der Waals surface area contributed by atoms with Gasteiger partial charge < -0.3 is 10.4 Å². The molecule has 0 saturated heterocycles. The van der Waals surface area contributed by atoms with Crippen LogP contribution in [0.3, 0.4) is 0 Å². The van der Waals surface area contributed by atoms with Crippen molar-refractivity contribution in [3.63, 3.8) is 0 Å². The Balaban J connectivity index is 3.25. The van der Waals surface area contributed by atoms with Gasteiger partial charge in [0.15, 0.2) is 17.3 Å². The first-order valence-corrected chi connectivity index (χ1v) is 4.93. The van der Waals surface area contributed by atoms with Crippen LogP contribution in [0.25, 0.3) is 0 Å². The Hall–Kier alpha value is -2.69. The molecule has 0 spiro atoms. The number of carbonyl (C=O) groups is 1. The van der Waals surface area contributed by atoms with Crippen LogP contribution in [0.2, 0.25) is 0 Å². The Kier molecular flexibility index (Phi) is 4.36. The van der Waals surface area contributed by atoms with Crippen molar-refractivity contribution < 1.29 is 23.6 Å². The molecule has 1 rings (SSSR count). The van der Waals surface area contributed by atoms with Gasteiger partial charge in [0.2, 0.25) is 0 Å². The van der Waals surface area contributed by atoms with Gasteiger partial charge >= 0.3 is 5.97 Å². The molecule has 0 aromatic heterocycles. The van der Waals surface area contributed by atoms with Crippen LogP contribution >= 0.6 is 0 Å². The van der Waals surface area contributed by atoms with Crippen LogP contribution in [0.4, 0.5) is 20.2 Å². The molecule has 1 atom stereocenters. The number of anilines is 1. The topological polar surface area (TPSA) is 92.5 Å². The van der Waals surface area contributed by atoms with Crippen LogP contribution < -0.4 is 5.32 Å². The van der Waals surface area contributed by atoms with Crippen molar-refractivity contribution >= 4 is 17.3 Å². The Bertz CT molecular complexity index is 569. The van der Waals surface area contributed by atoms with Gasteiger partial charge in [-0.05, 0) is 6.07 Å². The van der Waals surface area contributed by atoms with Gasteiger partial charge in [-0.3, -0.25) is 10.1 Å². The van der Waals surface area contributed by atoms with E-state index in [2.05, 4.69) is 0 Å². The Morgan fingerprint density at radius 1 is 1.58 bits per heavy atom. The van der Waals surface area contributed by atoms with E-state index in [0.29, 0.717) is 6.07 Å². The van der Waals surface area contributed by atoms with E-state index in [9.17, 15) is 23.7 Å². The summed E-state index contributed by atoms with van der Waals surface area (Å²) < 4.78 is 26.5. The van der Waals surface area contributed by atoms with Gasteiger partial charge in [-0.2, -0.15) is 0 Å². The van der Waals surface area contributed by atoms with Gasteiger partial charge in [-0.25, -0.2) is 13.6 Å². The maximum Gasteiger partial charge on any atom is 0.327 e. The fourth-order valence-corrected chi connectivity index (χ4v) is 1.32. The molecule has 8 heteroatoms. The molecule has 1 aromatic carbocycles.